The lowest BCUT2D eigenvalue weighted by Crippen LogP contribution is -2.39. The van der Waals surface area contributed by atoms with E-state index >= 15 is 0 Å². The van der Waals surface area contributed by atoms with Crippen LogP contribution in [0.25, 0.3) is 0 Å². The molecule has 0 radical (unpaired) electrons. The van der Waals surface area contributed by atoms with Gasteiger partial charge in [-0.05, 0) is 43.5 Å². The average molecular weight is 328 g/mol. The smallest absolute Gasteiger partial charge is 0.232 e. The van der Waals surface area contributed by atoms with Gasteiger partial charge < -0.3 is 4.90 Å². The number of likely N-dealkylation sites (tertiary alicyclic amines) is 1. The number of amides is 1. The lowest BCUT2D eigenvalue weighted by Gasteiger charge is -2.28. The fraction of sp³-hybridized carbons (Fsp3) is 0.533. The predicted molar refractivity (Wildman–Crippen MR) is 83.6 cm³/mol. The first-order valence-corrected chi connectivity index (χ1v) is 9.24. The molecule has 1 heterocycles. The molecule has 1 aromatic rings. The summed E-state index contributed by atoms with van der Waals surface area (Å²) in [5, 5.41) is 0. The topological polar surface area (TPSA) is 57.7 Å². The second kappa shape index (κ2) is 7.09. The van der Waals surface area contributed by atoms with Crippen molar-refractivity contribution in [1.82, 2.24) is 4.90 Å². The van der Waals surface area contributed by atoms with Gasteiger partial charge in [0.1, 0.15) is 5.82 Å². The molecule has 22 heavy (non-hydrogen) atoms. The Bertz CT molecular complexity index is 610. The molecule has 0 unspecified atom stereocenters. The average Bonchev–Trinajstić information content (AvgIpc) is 2.48. The fourth-order valence-electron chi connectivity index (χ4n) is 2.59. The van der Waals surface area contributed by atoms with Crippen LogP contribution in [-0.2, 0) is 14.8 Å². The summed E-state index contributed by atoms with van der Waals surface area (Å²) in [7, 11) is -3.52. The van der Waals surface area contributed by atoms with Crippen LogP contribution in [0.15, 0.2) is 24.3 Å². The highest BCUT2D eigenvalue weighted by atomic mass is 32.2. The molecule has 0 N–H and O–H groups in total. The highest BCUT2D eigenvalue weighted by Crippen LogP contribution is 2.19. The number of hydrogen-bond donors (Lipinski definition) is 0. The van der Waals surface area contributed by atoms with Gasteiger partial charge in [-0.25, -0.2) is 12.8 Å². The van der Waals surface area contributed by atoms with E-state index in [1.54, 1.807) is 4.90 Å². The van der Waals surface area contributed by atoms with E-state index in [0.29, 0.717) is 5.69 Å². The van der Waals surface area contributed by atoms with E-state index in [1.165, 1.54) is 24.3 Å². The van der Waals surface area contributed by atoms with Crippen molar-refractivity contribution in [3.05, 3.63) is 30.1 Å². The Morgan fingerprint density at radius 1 is 1.18 bits per heavy atom. The maximum atomic E-state index is 13.0. The molecule has 1 aromatic carbocycles. The van der Waals surface area contributed by atoms with Crippen molar-refractivity contribution >= 4 is 21.6 Å². The number of nitrogens with zero attached hydrogens (tertiary/aromatic N) is 2. The fourth-order valence-corrected chi connectivity index (χ4v) is 3.52. The van der Waals surface area contributed by atoms with E-state index < -0.39 is 15.8 Å². The van der Waals surface area contributed by atoms with Gasteiger partial charge in [0, 0.05) is 26.1 Å². The first-order chi connectivity index (χ1) is 10.4. The van der Waals surface area contributed by atoms with Crippen LogP contribution in [0.1, 0.15) is 25.7 Å². The van der Waals surface area contributed by atoms with Gasteiger partial charge in [0.05, 0.1) is 11.9 Å². The Labute approximate surface area is 130 Å². The molecule has 1 saturated heterocycles. The number of sulfonamides is 1. The van der Waals surface area contributed by atoms with E-state index in [-0.39, 0.29) is 18.9 Å². The summed E-state index contributed by atoms with van der Waals surface area (Å²) in [5.41, 5.74) is 0.371. The number of carbonyl (C=O) groups excluding carboxylic acids is 1. The van der Waals surface area contributed by atoms with Crippen LogP contribution in [0.3, 0.4) is 0 Å². The van der Waals surface area contributed by atoms with Gasteiger partial charge in [0.25, 0.3) is 0 Å². The number of piperidine rings is 1. The molecule has 0 bridgehead atoms. The van der Waals surface area contributed by atoms with Crippen molar-refractivity contribution in [3.63, 3.8) is 0 Å². The largest absolute Gasteiger partial charge is 0.343 e. The molecule has 0 atom stereocenters. The summed E-state index contributed by atoms with van der Waals surface area (Å²) in [6.45, 7) is 1.56. The van der Waals surface area contributed by atoms with Crippen molar-refractivity contribution in [2.24, 2.45) is 0 Å². The Morgan fingerprint density at radius 3 is 2.32 bits per heavy atom. The molecule has 7 heteroatoms. The summed E-state index contributed by atoms with van der Waals surface area (Å²) < 4.78 is 37.9. The third-order valence-electron chi connectivity index (χ3n) is 3.75. The molecule has 1 aliphatic heterocycles. The van der Waals surface area contributed by atoms with Gasteiger partial charge in [-0.2, -0.15) is 0 Å². The molecule has 0 saturated carbocycles. The zero-order valence-corrected chi connectivity index (χ0v) is 13.5. The lowest BCUT2D eigenvalue weighted by atomic mass is 10.1. The minimum atomic E-state index is -3.52. The van der Waals surface area contributed by atoms with E-state index in [4.69, 9.17) is 0 Å². The number of hydrogen-bond acceptors (Lipinski definition) is 3. The molecule has 1 aliphatic rings. The summed E-state index contributed by atoms with van der Waals surface area (Å²) in [6, 6.07) is 5.23. The normalized spacial score (nSPS) is 15.6. The molecule has 122 valence electrons. The van der Waals surface area contributed by atoms with Crippen LogP contribution in [0.5, 0.6) is 0 Å². The van der Waals surface area contributed by atoms with E-state index in [1.807, 2.05) is 0 Å². The molecular formula is C15H21FN2O3S. The number of carbonyl (C=O) groups is 1. The second-order valence-corrected chi connectivity index (χ2v) is 7.41. The van der Waals surface area contributed by atoms with Gasteiger partial charge in [0.2, 0.25) is 15.9 Å². The number of anilines is 1. The van der Waals surface area contributed by atoms with Crippen molar-refractivity contribution < 1.29 is 17.6 Å². The van der Waals surface area contributed by atoms with Crippen LogP contribution in [0.2, 0.25) is 0 Å². The monoisotopic (exact) mass is 328 g/mol. The van der Waals surface area contributed by atoms with Gasteiger partial charge in [0.15, 0.2) is 0 Å². The molecular weight excluding hydrogens is 307 g/mol. The number of rotatable bonds is 5. The van der Waals surface area contributed by atoms with Crippen molar-refractivity contribution in [3.8, 4) is 0 Å². The highest BCUT2D eigenvalue weighted by Gasteiger charge is 2.21. The third-order valence-corrected chi connectivity index (χ3v) is 4.95. The first kappa shape index (κ1) is 16.7. The summed E-state index contributed by atoms with van der Waals surface area (Å²) in [4.78, 5) is 13.9. The van der Waals surface area contributed by atoms with Gasteiger partial charge >= 0.3 is 0 Å². The minimum Gasteiger partial charge on any atom is -0.343 e. The SMILES string of the molecule is CS(=O)(=O)N(CCC(=O)N1CCCCC1)c1ccc(F)cc1. The van der Waals surface area contributed by atoms with Crippen LogP contribution >= 0.6 is 0 Å². The Kier molecular flexibility index (Phi) is 5.39. The maximum Gasteiger partial charge on any atom is 0.232 e. The molecule has 5 nitrogen and oxygen atoms in total. The molecule has 0 aliphatic carbocycles. The minimum absolute atomic E-state index is 0.0320. The molecule has 1 amide bonds. The van der Waals surface area contributed by atoms with Crippen molar-refractivity contribution in [1.29, 1.82) is 0 Å². The van der Waals surface area contributed by atoms with E-state index in [0.717, 1.165) is 42.9 Å². The highest BCUT2D eigenvalue weighted by molar-refractivity contribution is 7.92. The zero-order chi connectivity index (χ0) is 16.2. The van der Waals surface area contributed by atoms with Gasteiger partial charge in [-0.1, -0.05) is 0 Å². The van der Waals surface area contributed by atoms with E-state index in [2.05, 4.69) is 0 Å². The molecule has 2 rings (SSSR count). The first-order valence-electron chi connectivity index (χ1n) is 7.39. The van der Waals surface area contributed by atoms with E-state index in [9.17, 15) is 17.6 Å². The zero-order valence-electron chi connectivity index (χ0n) is 12.7. The third kappa shape index (κ3) is 4.43. The second-order valence-electron chi connectivity index (χ2n) is 5.50. The Morgan fingerprint density at radius 2 is 1.77 bits per heavy atom. The molecule has 0 spiro atoms. The van der Waals surface area contributed by atoms with Crippen molar-refractivity contribution in [2.75, 3.05) is 30.2 Å². The van der Waals surface area contributed by atoms with Gasteiger partial charge in [-0.3, -0.25) is 9.10 Å². The van der Waals surface area contributed by atoms with Crippen LogP contribution in [-0.4, -0.2) is 45.1 Å². The summed E-state index contributed by atoms with van der Waals surface area (Å²) in [5.74, 6) is -0.461. The van der Waals surface area contributed by atoms with Crippen molar-refractivity contribution in [2.45, 2.75) is 25.7 Å². The standard InChI is InChI=1S/C15H21FN2O3S/c1-22(20,21)18(14-7-5-13(16)6-8-14)12-9-15(19)17-10-3-2-4-11-17/h5-8H,2-4,9-12H2,1H3. The summed E-state index contributed by atoms with van der Waals surface area (Å²) in [6.07, 6.45) is 4.35. The molecule has 0 aromatic heterocycles. The summed E-state index contributed by atoms with van der Waals surface area (Å²) >= 11 is 0. The van der Waals surface area contributed by atoms with Gasteiger partial charge in [-0.15, -0.1) is 0 Å². The van der Waals surface area contributed by atoms with Crippen LogP contribution in [0, 0.1) is 5.82 Å². The maximum absolute atomic E-state index is 13.0. The number of halogens is 1. The van der Waals surface area contributed by atoms with Crippen LogP contribution < -0.4 is 4.31 Å². The Hall–Kier alpha value is -1.63. The lowest BCUT2D eigenvalue weighted by molar-refractivity contribution is -0.131. The predicted octanol–water partition coefficient (Wildman–Crippen LogP) is 1.99. The quantitative estimate of drug-likeness (QED) is 0.830. The van der Waals surface area contributed by atoms with Crippen LogP contribution in [0.4, 0.5) is 10.1 Å². The molecule has 1 fully saturated rings. The number of benzene rings is 1. The Balaban J connectivity index is 2.04.